The van der Waals surface area contributed by atoms with Crippen molar-refractivity contribution >= 4 is 33.7 Å². The van der Waals surface area contributed by atoms with Gasteiger partial charge in [-0.2, -0.15) is 4.72 Å². The number of para-hydroxylation sites is 1. The van der Waals surface area contributed by atoms with E-state index in [-0.39, 0.29) is 4.90 Å². The lowest BCUT2D eigenvalue weighted by Crippen LogP contribution is -2.42. The van der Waals surface area contributed by atoms with E-state index in [1.54, 1.807) is 18.2 Å². The van der Waals surface area contributed by atoms with Gasteiger partial charge in [0.15, 0.2) is 0 Å². The van der Waals surface area contributed by atoms with E-state index in [1.807, 2.05) is 16.9 Å². The van der Waals surface area contributed by atoms with Gasteiger partial charge in [-0.3, -0.25) is 9.59 Å². The fourth-order valence-electron chi connectivity index (χ4n) is 2.28. The zero-order valence-corrected chi connectivity index (χ0v) is 14.7. The quantitative estimate of drug-likeness (QED) is 0.579. The third-order valence-electron chi connectivity index (χ3n) is 3.49. The summed E-state index contributed by atoms with van der Waals surface area (Å²) in [7, 11) is -4.24. The Morgan fingerprint density at radius 3 is 2.46 bits per heavy atom. The van der Waals surface area contributed by atoms with Crippen LogP contribution in [0.1, 0.15) is 6.42 Å². The van der Waals surface area contributed by atoms with E-state index in [0.29, 0.717) is 16.4 Å². The van der Waals surface area contributed by atoms with E-state index in [4.69, 9.17) is 14.9 Å². The summed E-state index contributed by atoms with van der Waals surface area (Å²) in [6, 6.07) is 9.64. The summed E-state index contributed by atoms with van der Waals surface area (Å²) in [5, 5.41) is 17.7. The Morgan fingerprint density at radius 2 is 1.77 bits per heavy atom. The fourth-order valence-corrected chi connectivity index (χ4v) is 4.42. The zero-order chi connectivity index (χ0) is 18.9. The summed E-state index contributed by atoms with van der Waals surface area (Å²) >= 11 is 1.42. The molecule has 0 amide bonds. The highest BCUT2D eigenvalue weighted by atomic mass is 32.2. The Hall–Kier alpha value is -2.56. The molecule has 0 aliphatic carbocycles. The molecule has 1 heterocycles. The maximum absolute atomic E-state index is 12.4. The average Bonchev–Trinajstić information content (AvgIpc) is 2.58. The number of hydrogen-bond donors (Lipinski definition) is 3. The Morgan fingerprint density at radius 1 is 1.08 bits per heavy atom. The second-order valence-electron chi connectivity index (χ2n) is 5.37. The Labute approximate surface area is 152 Å². The van der Waals surface area contributed by atoms with E-state index in [1.165, 1.54) is 23.9 Å². The molecule has 2 aromatic carbocycles. The molecule has 10 heteroatoms. The summed E-state index contributed by atoms with van der Waals surface area (Å²) in [4.78, 5) is 23.2. The molecule has 0 unspecified atom stereocenters. The standard InChI is InChI=1S/C16H13NO7S2/c18-15(19)8-10(16(20)21)17-26(22,23)9-5-6-14-12(7-9)24-11-3-1-2-4-13(11)25-14/h1-7,10,17H,8H2,(H,18,19)(H,20,21)/t10-/m0/s1. The van der Waals surface area contributed by atoms with Gasteiger partial charge >= 0.3 is 11.9 Å². The third-order valence-corrected chi connectivity index (χ3v) is 6.07. The lowest BCUT2D eigenvalue weighted by Gasteiger charge is -2.20. The summed E-state index contributed by atoms with van der Waals surface area (Å²) in [5.74, 6) is -2.10. The van der Waals surface area contributed by atoms with E-state index in [9.17, 15) is 18.0 Å². The van der Waals surface area contributed by atoms with Gasteiger partial charge in [-0.25, -0.2) is 8.42 Å². The molecule has 1 aliphatic rings. The number of aliphatic carboxylic acids is 2. The number of benzene rings is 2. The second-order valence-corrected chi connectivity index (χ2v) is 8.17. The summed E-state index contributed by atoms with van der Waals surface area (Å²) in [6.07, 6.45) is -0.876. The van der Waals surface area contributed by atoms with Gasteiger partial charge in [-0.15, -0.1) is 0 Å². The molecule has 0 bridgehead atoms. The van der Waals surface area contributed by atoms with Crippen molar-refractivity contribution < 1.29 is 33.0 Å². The molecule has 136 valence electrons. The number of rotatable bonds is 6. The van der Waals surface area contributed by atoms with Crippen LogP contribution in [0.5, 0.6) is 11.5 Å². The van der Waals surface area contributed by atoms with Gasteiger partial charge < -0.3 is 14.9 Å². The van der Waals surface area contributed by atoms with Crippen LogP contribution in [-0.4, -0.2) is 36.6 Å². The largest absolute Gasteiger partial charge is 0.481 e. The van der Waals surface area contributed by atoms with Crippen molar-refractivity contribution in [2.75, 3.05) is 0 Å². The molecule has 3 rings (SSSR count). The SMILES string of the molecule is O=C(O)C[C@H](NS(=O)(=O)c1ccc2c(c1)Oc1ccccc1S2)C(=O)O. The van der Waals surface area contributed by atoms with Crippen LogP contribution >= 0.6 is 11.8 Å². The van der Waals surface area contributed by atoms with Gasteiger partial charge in [-0.1, -0.05) is 23.9 Å². The predicted molar refractivity (Wildman–Crippen MR) is 91.1 cm³/mol. The molecule has 0 saturated heterocycles. The van der Waals surface area contributed by atoms with Crippen molar-refractivity contribution in [3.63, 3.8) is 0 Å². The lowest BCUT2D eigenvalue weighted by atomic mass is 10.2. The molecular weight excluding hydrogens is 382 g/mol. The van der Waals surface area contributed by atoms with Gasteiger partial charge in [0.05, 0.1) is 21.1 Å². The maximum Gasteiger partial charge on any atom is 0.322 e. The first-order valence-electron chi connectivity index (χ1n) is 7.32. The number of carbonyl (C=O) groups is 2. The first kappa shape index (κ1) is 18.2. The Balaban J connectivity index is 1.88. The van der Waals surface area contributed by atoms with Crippen LogP contribution in [0.4, 0.5) is 0 Å². The number of ether oxygens (including phenoxy) is 1. The minimum atomic E-state index is -4.24. The van der Waals surface area contributed by atoms with E-state index in [2.05, 4.69) is 0 Å². The van der Waals surface area contributed by atoms with E-state index < -0.39 is 34.4 Å². The highest BCUT2D eigenvalue weighted by Crippen LogP contribution is 2.47. The molecule has 26 heavy (non-hydrogen) atoms. The average molecular weight is 395 g/mol. The minimum absolute atomic E-state index is 0.215. The first-order chi connectivity index (χ1) is 12.3. The first-order valence-corrected chi connectivity index (χ1v) is 9.62. The van der Waals surface area contributed by atoms with Crippen molar-refractivity contribution in [1.82, 2.24) is 4.72 Å². The number of nitrogens with one attached hydrogen (secondary N) is 1. The molecule has 2 aromatic rings. The Bertz CT molecular complexity index is 988. The van der Waals surface area contributed by atoms with Crippen LogP contribution in [0.2, 0.25) is 0 Å². The molecular formula is C16H13NO7S2. The van der Waals surface area contributed by atoms with Crippen molar-refractivity contribution in [2.24, 2.45) is 0 Å². The molecule has 3 N–H and O–H groups in total. The maximum atomic E-state index is 12.4. The van der Waals surface area contributed by atoms with Gasteiger partial charge in [0.1, 0.15) is 17.5 Å². The summed E-state index contributed by atoms with van der Waals surface area (Å²) < 4.78 is 32.5. The van der Waals surface area contributed by atoms with Crippen LogP contribution in [0.25, 0.3) is 0 Å². The number of carboxylic acid groups (broad SMARTS) is 2. The smallest absolute Gasteiger partial charge is 0.322 e. The normalized spacial score (nSPS) is 13.8. The van der Waals surface area contributed by atoms with E-state index in [0.717, 1.165) is 4.90 Å². The van der Waals surface area contributed by atoms with Crippen LogP contribution in [-0.2, 0) is 19.6 Å². The Kier molecular flexibility index (Phi) is 4.90. The van der Waals surface area contributed by atoms with Crippen LogP contribution in [0.15, 0.2) is 57.2 Å². The number of sulfonamides is 1. The van der Waals surface area contributed by atoms with Crippen LogP contribution < -0.4 is 9.46 Å². The second kappa shape index (κ2) is 6.98. The molecule has 8 nitrogen and oxygen atoms in total. The van der Waals surface area contributed by atoms with Gasteiger partial charge in [0, 0.05) is 6.07 Å². The van der Waals surface area contributed by atoms with Crippen molar-refractivity contribution in [3.05, 3.63) is 42.5 Å². The predicted octanol–water partition coefficient (Wildman–Crippen LogP) is 2.15. The monoisotopic (exact) mass is 395 g/mol. The molecule has 1 aliphatic heterocycles. The zero-order valence-electron chi connectivity index (χ0n) is 13.1. The number of carboxylic acids is 2. The fraction of sp³-hybridized carbons (Fsp3) is 0.125. The molecule has 0 saturated carbocycles. The van der Waals surface area contributed by atoms with Gasteiger partial charge in [0.25, 0.3) is 0 Å². The number of hydrogen-bond acceptors (Lipinski definition) is 6. The number of fused-ring (bicyclic) bond motifs is 2. The molecule has 1 atom stereocenters. The van der Waals surface area contributed by atoms with Crippen molar-refractivity contribution in [1.29, 1.82) is 0 Å². The molecule has 0 fully saturated rings. The van der Waals surface area contributed by atoms with Crippen molar-refractivity contribution in [3.8, 4) is 11.5 Å². The lowest BCUT2D eigenvalue weighted by molar-refractivity contribution is -0.145. The summed E-state index contributed by atoms with van der Waals surface area (Å²) in [5.41, 5.74) is 0. The molecule has 0 radical (unpaired) electrons. The van der Waals surface area contributed by atoms with Crippen LogP contribution in [0, 0.1) is 0 Å². The topological polar surface area (TPSA) is 130 Å². The molecule has 0 spiro atoms. The van der Waals surface area contributed by atoms with Gasteiger partial charge in [0.2, 0.25) is 10.0 Å². The minimum Gasteiger partial charge on any atom is -0.481 e. The van der Waals surface area contributed by atoms with Gasteiger partial charge in [-0.05, 0) is 24.3 Å². The third kappa shape index (κ3) is 3.82. The van der Waals surface area contributed by atoms with E-state index >= 15 is 0 Å². The molecule has 0 aromatic heterocycles. The van der Waals surface area contributed by atoms with Crippen molar-refractivity contribution in [2.45, 2.75) is 27.1 Å². The van der Waals surface area contributed by atoms with Crippen LogP contribution in [0.3, 0.4) is 0 Å². The highest BCUT2D eigenvalue weighted by molar-refractivity contribution is 7.99. The summed E-state index contributed by atoms with van der Waals surface area (Å²) in [6.45, 7) is 0. The highest BCUT2D eigenvalue weighted by Gasteiger charge is 2.29.